The molecule has 1 unspecified atom stereocenters. The SMILES string of the molecule is CC(c1nc2ccccc2[nH]1)N(C(=O)c1ccccc1)c1ccc2sc(C(=O)N3CCN(C)CC3)cc2c1. The van der Waals surface area contributed by atoms with Crippen LogP contribution < -0.4 is 4.90 Å². The Balaban J connectivity index is 1.37. The number of aromatic nitrogens is 2. The number of hydrogen-bond acceptors (Lipinski definition) is 5. The number of anilines is 1. The third kappa shape index (κ3) is 4.57. The number of hydrogen-bond donors (Lipinski definition) is 1. The van der Waals surface area contributed by atoms with Crippen molar-refractivity contribution >= 4 is 50.0 Å². The van der Waals surface area contributed by atoms with Gasteiger partial charge in [-0.25, -0.2) is 4.98 Å². The van der Waals surface area contributed by atoms with Crippen LogP contribution in [0.1, 0.15) is 38.8 Å². The fourth-order valence-corrected chi connectivity index (χ4v) is 5.99. The molecule has 1 saturated heterocycles. The van der Waals surface area contributed by atoms with E-state index < -0.39 is 0 Å². The summed E-state index contributed by atoms with van der Waals surface area (Å²) in [5.74, 6) is 0.683. The van der Waals surface area contributed by atoms with Gasteiger partial charge < -0.3 is 14.8 Å². The zero-order valence-electron chi connectivity index (χ0n) is 21.4. The molecule has 2 amide bonds. The van der Waals surface area contributed by atoms with Gasteiger partial charge in [0.25, 0.3) is 11.8 Å². The van der Waals surface area contributed by atoms with Crippen molar-refractivity contribution in [2.45, 2.75) is 13.0 Å². The predicted octanol–water partition coefficient (Wildman–Crippen LogP) is 5.57. The zero-order valence-corrected chi connectivity index (χ0v) is 22.2. The largest absolute Gasteiger partial charge is 0.340 e. The molecule has 38 heavy (non-hydrogen) atoms. The van der Waals surface area contributed by atoms with Crippen LogP contribution in [-0.4, -0.2) is 64.8 Å². The molecule has 0 bridgehead atoms. The maximum Gasteiger partial charge on any atom is 0.264 e. The molecule has 3 aromatic carbocycles. The summed E-state index contributed by atoms with van der Waals surface area (Å²) >= 11 is 1.51. The lowest BCUT2D eigenvalue weighted by atomic mass is 10.1. The van der Waals surface area contributed by atoms with Gasteiger partial charge in [-0.05, 0) is 67.9 Å². The molecule has 7 nitrogen and oxygen atoms in total. The Hall–Kier alpha value is -4.01. The van der Waals surface area contributed by atoms with Crippen molar-refractivity contribution in [2.24, 2.45) is 0 Å². The number of fused-ring (bicyclic) bond motifs is 2. The number of nitrogens with zero attached hydrogens (tertiary/aromatic N) is 4. The van der Waals surface area contributed by atoms with E-state index in [0.29, 0.717) is 11.4 Å². The summed E-state index contributed by atoms with van der Waals surface area (Å²) in [6.45, 7) is 5.24. The first-order chi connectivity index (χ1) is 18.5. The molecule has 1 aliphatic heterocycles. The van der Waals surface area contributed by atoms with Crippen LogP contribution in [0.15, 0.2) is 78.9 Å². The highest BCUT2D eigenvalue weighted by molar-refractivity contribution is 7.20. The number of rotatable bonds is 5. The van der Waals surface area contributed by atoms with Crippen LogP contribution in [-0.2, 0) is 0 Å². The number of aromatic amines is 1. The van der Waals surface area contributed by atoms with Crippen LogP contribution in [0.2, 0.25) is 0 Å². The highest BCUT2D eigenvalue weighted by Gasteiger charge is 2.28. The standard InChI is InChI=1S/C30H29N5O2S/c1-20(28-31-24-10-6-7-11-25(24)32-28)35(29(36)21-8-4-3-5-9-21)23-12-13-26-22(18-23)19-27(38-26)30(37)34-16-14-33(2)15-17-34/h3-13,18-20H,14-17H2,1-2H3,(H,31,32). The van der Waals surface area contributed by atoms with Crippen molar-refractivity contribution in [1.29, 1.82) is 0 Å². The van der Waals surface area contributed by atoms with Crippen molar-refractivity contribution in [2.75, 3.05) is 38.1 Å². The van der Waals surface area contributed by atoms with Gasteiger partial charge in [-0.1, -0.05) is 30.3 Å². The van der Waals surface area contributed by atoms with Gasteiger partial charge in [-0.3, -0.25) is 14.5 Å². The molecular formula is C30H29N5O2S. The van der Waals surface area contributed by atoms with Crippen LogP contribution in [0.25, 0.3) is 21.1 Å². The maximum absolute atomic E-state index is 13.9. The van der Waals surface area contributed by atoms with Gasteiger partial charge in [-0.15, -0.1) is 11.3 Å². The minimum absolute atomic E-state index is 0.0775. The molecule has 6 rings (SSSR count). The smallest absolute Gasteiger partial charge is 0.264 e. The number of nitrogens with one attached hydrogen (secondary N) is 1. The number of para-hydroxylation sites is 2. The summed E-state index contributed by atoms with van der Waals surface area (Å²) in [7, 11) is 2.08. The van der Waals surface area contributed by atoms with Gasteiger partial charge in [0.05, 0.1) is 22.0 Å². The lowest BCUT2D eigenvalue weighted by molar-refractivity contribution is 0.0669. The van der Waals surface area contributed by atoms with Gasteiger partial charge in [0, 0.05) is 42.1 Å². The summed E-state index contributed by atoms with van der Waals surface area (Å²) in [4.78, 5) is 41.9. The second kappa shape index (κ2) is 10.0. The monoisotopic (exact) mass is 523 g/mol. The van der Waals surface area contributed by atoms with E-state index in [2.05, 4.69) is 16.9 Å². The highest BCUT2D eigenvalue weighted by Crippen LogP contribution is 2.34. The molecule has 1 aliphatic rings. The fourth-order valence-electron chi connectivity index (χ4n) is 4.98. The number of H-pyrrole nitrogens is 1. The molecule has 192 valence electrons. The Bertz CT molecular complexity index is 1580. The lowest BCUT2D eigenvalue weighted by Crippen LogP contribution is -2.46. The number of thiophene rings is 1. The minimum atomic E-state index is -0.349. The van der Waals surface area contributed by atoms with Gasteiger partial charge in [0.15, 0.2) is 0 Å². The van der Waals surface area contributed by atoms with E-state index in [1.54, 1.807) is 4.90 Å². The first-order valence-electron chi connectivity index (χ1n) is 12.8. The molecule has 5 aromatic rings. The number of benzene rings is 3. The fraction of sp³-hybridized carbons (Fsp3) is 0.233. The Morgan fingerprint density at radius 2 is 1.68 bits per heavy atom. The zero-order chi connectivity index (χ0) is 26.2. The van der Waals surface area contributed by atoms with E-state index in [-0.39, 0.29) is 17.9 Å². The average Bonchev–Trinajstić information content (AvgIpc) is 3.58. The molecule has 1 fully saturated rings. The molecule has 0 saturated carbocycles. The van der Waals surface area contributed by atoms with E-state index in [4.69, 9.17) is 4.98 Å². The Kier molecular flexibility index (Phi) is 6.43. The number of imidazole rings is 1. The Morgan fingerprint density at radius 3 is 2.45 bits per heavy atom. The van der Waals surface area contributed by atoms with Crippen molar-refractivity contribution in [3.05, 3.63) is 95.1 Å². The van der Waals surface area contributed by atoms with Crippen LogP contribution in [0, 0.1) is 0 Å². The molecule has 1 atom stereocenters. The van der Waals surface area contributed by atoms with Gasteiger partial charge in [0.1, 0.15) is 5.82 Å². The number of piperazine rings is 1. The molecule has 1 N–H and O–H groups in total. The van der Waals surface area contributed by atoms with E-state index >= 15 is 0 Å². The highest BCUT2D eigenvalue weighted by atomic mass is 32.1. The third-order valence-electron chi connectivity index (χ3n) is 7.21. The second-order valence-corrected chi connectivity index (χ2v) is 10.9. The maximum atomic E-state index is 13.9. The summed E-state index contributed by atoms with van der Waals surface area (Å²) in [5, 5.41) is 0.952. The molecule has 2 aromatic heterocycles. The predicted molar refractivity (Wildman–Crippen MR) is 153 cm³/mol. The van der Waals surface area contributed by atoms with Crippen LogP contribution >= 0.6 is 11.3 Å². The van der Waals surface area contributed by atoms with Gasteiger partial charge in [-0.2, -0.15) is 0 Å². The molecular weight excluding hydrogens is 494 g/mol. The molecule has 3 heterocycles. The second-order valence-electron chi connectivity index (χ2n) is 9.78. The summed E-state index contributed by atoms with van der Waals surface area (Å²) in [6.07, 6.45) is 0. The van der Waals surface area contributed by atoms with Crippen molar-refractivity contribution in [3.63, 3.8) is 0 Å². The summed E-state index contributed by atoms with van der Waals surface area (Å²) in [5.41, 5.74) is 3.16. The topological polar surface area (TPSA) is 72.5 Å². The molecule has 8 heteroatoms. The van der Waals surface area contributed by atoms with Crippen molar-refractivity contribution < 1.29 is 9.59 Å². The Labute approximate surface area is 225 Å². The van der Waals surface area contributed by atoms with Crippen LogP contribution in [0.3, 0.4) is 0 Å². The van der Waals surface area contributed by atoms with E-state index in [0.717, 1.165) is 57.9 Å². The molecule has 0 spiro atoms. The number of amides is 2. The van der Waals surface area contributed by atoms with Gasteiger partial charge in [0.2, 0.25) is 0 Å². The average molecular weight is 524 g/mol. The minimum Gasteiger partial charge on any atom is -0.340 e. The summed E-state index contributed by atoms with van der Waals surface area (Å²) < 4.78 is 1.02. The first-order valence-corrected chi connectivity index (χ1v) is 13.6. The van der Waals surface area contributed by atoms with Crippen molar-refractivity contribution in [1.82, 2.24) is 19.8 Å². The number of carbonyl (C=O) groups excluding carboxylic acids is 2. The number of likely N-dealkylation sites (N-methyl/N-ethyl adjacent to an activating group) is 1. The quantitative estimate of drug-likeness (QED) is 0.327. The van der Waals surface area contributed by atoms with Crippen LogP contribution in [0.4, 0.5) is 5.69 Å². The number of carbonyl (C=O) groups is 2. The van der Waals surface area contributed by atoms with E-state index in [1.807, 2.05) is 90.7 Å². The summed E-state index contributed by atoms with van der Waals surface area (Å²) in [6, 6.07) is 24.8. The van der Waals surface area contributed by atoms with Crippen molar-refractivity contribution in [3.8, 4) is 0 Å². The lowest BCUT2D eigenvalue weighted by Gasteiger charge is -2.32. The molecule has 0 radical (unpaired) electrons. The van der Waals surface area contributed by atoms with Gasteiger partial charge >= 0.3 is 0 Å². The normalized spacial score (nSPS) is 15.2. The Morgan fingerprint density at radius 1 is 0.947 bits per heavy atom. The van der Waals surface area contributed by atoms with Crippen LogP contribution in [0.5, 0.6) is 0 Å². The van der Waals surface area contributed by atoms with E-state index in [9.17, 15) is 9.59 Å². The third-order valence-corrected chi connectivity index (χ3v) is 8.31. The van der Waals surface area contributed by atoms with E-state index in [1.165, 1.54) is 11.3 Å². The molecule has 0 aliphatic carbocycles. The first kappa shape index (κ1) is 24.3.